The van der Waals surface area contributed by atoms with Crippen molar-refractivity contribution in [2.24, 2.45) is 0 Å². The van der Waals surface area contributed by atoms with E-state index in [1.807, 2.05) is 19.3 Å². The predicted molar refractivity (Wildman–Crippen MR) is 109 cm³/mol. The van der Waals surface area contributed by atoms with Crippen molar-refractivity contribution < 1.29 is 4.74 Å². The largest absolute Gasteiger partial charge is 0.497 e. The molecule has 4 heteroatoms. The van der Waals surface area contributed by atoms with Gasteiger partial charge < -0.3 is 15.0 Å². The normalized spacial score (nSPS) is 12.4. The minimum Gasteiger partial charge on any atom is -0.497 e. The number of nitrogens with one attached hydrogen (secondary N) is 2. The fourth-order valence-corrected chi connectivity index (χ4v) is 3.37. The molecule has 3 aromatic rings. The SMILES string of the molecule is CCCCCC[C@H](NC)c1ncc(-c2ccc3cc(OC)ccc3c2)[nH]1. The molecule has 0 saturated heterocycles. The number of benzene rings is 2. The lowest BCUT2D eigenvalue weighted by molar-refractivity contribution is 0.415. The smallest absolute Gasteiger partial charge is 0.123 e. The zero-order chi connectivity index (χ0) is 18.4. The van der Waals surface area contributed by atoms with Crippen molar-refractivity contribution in [3.63, 3.8) is 0 Å². The first kappa shape index (κ1) is 18.5. The van der Waals surface area contributed by atoms with Crippen molar-refractivity contribution in [1.29, 1.82) is 0 Å². The third-order valence-corrected chi connectivity index (χ3v) is 4.98. The summed E-state index contributed by atoms with van der Waals surface area (Å²) in [6, 6.07) is 12.9. The number of fused-ring (bicyclic) bond motifs is 1. The van der Waals surface area contributed by atoms with Crippen LogP contribution in [0.15, 0.2) is 42.6 Å². The molecule has 1 atom stereocenters. The van der Waals surface area contributed by atoms with Crippen molar-refractivity contribution in [3.8, 4) is 17.0 Å². The monoisotopic (exact) mass is 351 g/mol. The molecule has 0 spiro atoms. The Morgan fingerprint density at radius 3 is 2.65 bits per heavy atom. The molecule has 0 unspecified atom stereocenters. The van der Waals surface area contributed by atoms with Crippen molar-refractivity contribution in [2.45, 2.75) is 45.1 Å². The van der Waals surface area contributed by atoms with Crippen molar-refractivity contribution in [2.75, 3.05) is 14.2 Å². The minimum absolute atomic E-state index is 0.283. The van der Waals surface area contributed by atoms with Crippen LogP contribution in [-0.4, -0.2) is 24.1 Å². The fourth-order valence-electron chi connectivity index (χ4n) is 3.37. The van der Waals surface area contributed by atoms with E-state index in [9.17, 15) is 0 Å². The minimum atomic E-state index is 0.283. The quantitative estimate of drug-likeness (QED) is 0.503. The van der Waals surface area contributed by atoms with Gasteiger partial charge in [-0.2, -0.15) is 0 Å². The molecule has 138 valence electrons. The molecule has 1 heterocycles. The lowest BCUT2D eigenvalue weighted by atomic mass is 10.1. The van der Waals surface area contributed by atoms with Gasteiger partial charge in [0, 0.05) is 5.56 Å². The number of hydrogen-bond donors (Lipinski definition) is 2. The Morgan fingerprint density at radius 2 is 1.88 bits per heavy atom. The van der Waals surface area contributed by atoms with Crippen LogP contribution in [-0.2, 0) is 0 Å². The van der Waals surface area contributed by atoms with Crippen LogP contribution in [0.25, 0.3) is 22.0 Å². The molecule has 0 aliphatic rings. The second kappa shape index (κ2) is 8.86. The van der Waals surface area contributed by atoms with Crippen LogP contribution in [0.1, 0.15) is 50.9 Å². The zero-order valence-electron chi connectivity index (χ0n) is 16.0. The first-order valence-corrected chi connectivity index (χ1v) is 9.55. The van der Waals surface area contributed by atoms with Gasteiger partial charge in [0.1, 0.15) is 11.6 Å². The van der Waals surface area contributed by atoms with Gasteiger partial charge in [-0.3, -0.25) is 0 Å². The lowest BCUT2D eigenvalue weighted by Crippen LogP contribution is -2.17. The van der Waals surface area contributed by atoms with Gasteiger partial charge in [0.25, 0.3) is 0 Å². The van der Waals surface area contributed by atoms with Crippen molar-refractivity contribution >= 4 is 10.8 Å². The number of unbranched alkanes of at least 4 members (excludes halogenated alkanes) is 3. The summed E-state index contributed by atoms with van der Waals surface area (Å²) in [6.45, 7) is 2.24. The fraction of sp³-hybridized carbons (Fsp3) is 0.409. The first-order valence-electron chi connectivity index (χ1n) is 9.55. The first-order chi connectivity index (χ1) is 12.7. The lowest BCUT2D eigenvalue weighted by Gasteiger charge is -2.13. The van der Waals surface area contributed by atoms with E-state index in [-0.39, 0.29) is 6.04 Å². The van der Waals surface area contributed by atoms with E-state index in [4.69, 9.17) is 4.74 Å². The average molecular weight is 351 g/mol. The summed E-state index contributed by atoms with van der Waals surface area (Å²) in [7, 11) is 3.71. The number of aromatic nitrogens is 2. The van der Waals surface area contributed by atoms with Gasteiger partial charge in [-0.15, -0.1) is 0 Å². The third kappa shape index (κ3) is 4.25. The molecule has 2 N–H and O–H groups in total. The standard InChI is InChI=1S/C22H29N3O/c1-4-5-6-7-8-20(23-2)22-24-15-21(25-22)18-10-9-17-14-19(26-3)12-11-16(17)13-18/h9-15,20,23H,4-8H2,1-3H3,(H,24,25)/t20-/m0/s1. The van der Waals surface area contributed by atoms with Gasteiger partial charge in [-0.1, -0.05) is 50.8 Å². The van der Waals surface area contributed by atoms with E-state index >= 15 is 0 Å². The Labute approximate surface area is 156 Å². The molecule has 4 nitrogen and oxygen atoms in total. The van der Waals surface area contributed by atoms with E-state index < -0.39 is 0 Å². The van der Waals surface area contributed by atoms with E-state index in [0.717, 1.165) is 29.3 Å². The van der Waals surface area contributed by atoms with Crippen LogP contribution >= 0.6 is 0 Å². The Morgan fingerprint density at radius 1 is 1.08 bits per heavy atom. The molecule has 0 radical (unpaired) electrons. The highest BCUT2D eigenvalue weighted by Gasteiger charge is 2.13. The van der Waals surface area contributed by atoms with Crippen LogP contribution < -0.4 is 10.1 Å². The number of aromatic amines is 1. The predicted octanol–water partition coefficient (Wildman–Crippen LogP) is 5.47. The van der Waals surface area contributed by atoms with Crippen LogP contribution in [0.5, 0.6) is 5.75 Å². The summed E-state index contributed by atoms with van der Waals surface area (Å²) in [5, 5.41) is 5.77. The average Bonchev–Trinajstić information content (AvgIpc) is 3.17. The highest BCUT2D eigenvalue weighted by Crippen LogP contribution is 2.27. The van der Waals surface area contributed by atoms with Gasteiger partial charge in [0.05, 0.1) is 25.0 Å². The highest BCUT2D eigenvalue weighted by atomic mass is 16.5. The Kier molecular flexibility index (Phi) is 6.29. The summed E-state index contributed by atoms with van der Waals surface area (Å²) in [4.78, 5) is 8.14. The van der Waals surface area contributed by atoms with Gasteiger partial charge in [0.15, 0.2) is 0 Å². The molecular weight excluding hydrogens is 322 g/mol. The summed E-state index contributed by atoms with van der Waals surface area (Å²) >= 11 is 0. The number of rotatable bonds is 9. The molecule has 0 bridgehead atoms. The number of H-pyrrole nitrogens is 1. The molecular formula is C22H29N3O. The van der Waals surface area contributed by atoms with E-state index in [1.165, 1.54) is 36.5 Å². The summed E-state index contributed by atoms with van der Waals surface area (Å²) in [6.07, 6.45) is 8.14. The Balaban J connectivity index is 1.76. The zero-order valence-corrected chi connectivity index (χ0v) is 16.0. The maximum Gasteiger partial charge on any atom is 0.123 e. The summed E-state index contributed by atoms with van der Waals surface area (Å²) < 4.78 is 5.30. The molecule has 3 rings (SSSR count). The molecule has 1 aromatic heterocycles. The maximum atomic E-state index is 5.30. The molecule has 0 aliphatic heterocycles. The number of hydrogen-bond acceptors (Lipinski definition) is 3. The Hall–Kier alpha value is -2.33. The summed E-state index contributed by atoms with van der Waals surface area (Å²) in [5.41, 5.74) is 2.22. The van der Waals surface area contributed by atoms with Crippen LogP contribution in [0, 0.1) is 0 Å². The van der Waals surface area contributed by atoms with Gasteiger partial charge in [0.2, 0.25) is 0 Å². The molecule has 26 heavy (non-hydrogen) atoms. The van der Waals surface area contributed by atoms with Gasteiger partial charge in [-0.25, -0.2) is 4.98 Å². The number of nitrogens with zero attached hydrogens (tertiary/aromatic N) is 1. The van der Waals surface area contributed by atoms with E-state index in [1.54, 1.807) is 7.11 Å². The van der Waals surface area contributed by atoms with Gasteiger partial charge in [-0.05, 0) is 42.4 Å². The number of imidazole rings is 1. The molecule has 2 aromatic carbocycles. The number of methoxy groups -OCH3 is 1. The van der Waals surface area contributed by atoms with Crippen LogP contribution in [0.4, 0.5) is 0 Å². The third-order valence-electron chi connectivity index (χ3n) is 4.98. The van der Waals surface area contributed by atoms with Crippen LogP contribution in [0.3, 0.4) is 0 Å². The van der Waals surface area contributed by atoms with Crippen molar-refractivity contribution in [1.82, 2.24) is 15.3 Å². The van der Waals surface area contributed by atoms with E-state index in [0.29, 0.717) is 0 Å². The summed E-state index contributed by atoms with van der Waals surface area (Å²) in [5.74, 6) is 1.91. The molecule has 0 fully saturated rings. The molecule has 0 aliphatic carbocycles. The second-order valence-electron chi connectivity index (χ2n) is 6.80. The number of ether oxygens (including phenoxy) is 1. The highest BCUT2D eigenvalue weighted by molar-refractivity contribution is 5.87. The maximum absolute atomic E-state index is 5.30. The topological polar surface area (TPSA) is 49.9 Å². The van der Waals surface area contributed by atoms with Crippen molar-refractivity contribution in [3.05, 3.63) is 48.4 Å². The van der Waals surface area contributed by atoms with Crippen LogP contribution in [0.2, 0.25) is 0 Å². The molecule has 0 saturated carbocycles. The van der Waals surface area contributed by atoms with E-state index in [2.05, 4.69) is 52.5 Å². The molecule has 0 amide bonds. The van der Waals surface area contributed by atoms with Gasteiger partial charge >= 0.3 is 0 Å². The Bertz CT molecular complexity index is 840. The second-order valence-corrected chi connectivity index (χ2v) is 6.80.